The zero-order valence-electron chi connectivity index (χ0n) is 11.4. The summed E-state index contributed by atoms with van der Waals surface area (Å²) < 4.78 is 6.03. The summed E-state index contributed by atoms with van der Waals surface area (Å²) in [6, 6.07) is 5.90. The maximum atomic E-state index is 6.03. The van der Waals surface area contributed by atoms with Crippen molar-refractivity contribution in [2.75, 3.05) is 12.4 Å². The van der Waals surface area contributed by atoms with Crippen LogP contribution in [0, 0.1) is 0 Å². The molecule has 1 aromatic carbocycles. The van der Waals surface area contributed by atoms with Crippen molar-refractivity contribution in [1.82, 2.24) is 0 Å². The quantitative estimate of drug-likeness (QED) is 0.881. The zero-order chi connectivity index (χ0) is 14.1. The van der Waals surface area contributed by atoms with Crippen molar-refractivity contribution in [3.8, 4) is 5.75 Å². The molecule has 3 nitrogen and oxygen atoms in total. The molecule has 3 heteroatoms. The molecule has 1 heterocycles. The number of hydrogen-bond acceptors (Lipinski definition) is 3. The molecule has 1 atom stereocenters. The van der Waals surface area contributed by atoms with E-state index >= 15 is 0 Å². The van der Waals surface area contributed by atoms with Gasteiger partial charge in [0.05, 0.1) is 5.71 Å². The van der Waals surface area contributed by atoms with E-state index in [0.29, 0.717) is 0 Å². The van der Waals surface area contributed by atoms with E-state index in [1.165, 1.54) is 0 Å². The van der Waals surface area contributed by atoms with E-state index in [-0.39, 0.29) is 6.10 Å². The van der Waals surface area contributed by atoms with Gasteiger partial charge in [-0.25, -0.2) is 4.99 Å². The molecule has 0 radical (unpaired) electrons. The number of anilines is 1. The highest BCUT2D eigenvalue weighted by atomic mass is 16.5. The Bertz CT molecular complexity index is 680. The van der Waals surface area contributed by atoms with Crippen LogP contribution < -0.4 is 10.1 Å². The van der Waals surface area contributed by atoms with Crippen molar-refractivity contribution in [3.05, 3.63) is 66.8 Å². The molecular formula is C17H16N2O. The van der Waals surface area contributed by atoms with Crippen LogP contribution in [0.3, 0.4) is 0 Å². The average molecular weight is 264 g/mol. The highest BCUT2D eigenvalue weighted by molar-refractivity contribution is 6.12. The summed E-state index contributed by atoms with van der Waals surface area (Å²) in [4.78, 5) is 4.73. The van der Waals surface area contributed by atoms with Gasteiger partial charge in [-0.3, -0.25) is 0 Å². The molecule has 2 aliphatic rings. The highest BCUT2D eigenvalue weighted by Gasteiger charge is 2.28. The van der Waals surface area contributed by atoms with Crippen LogP contribution in [-0.2, 0) is 0 Å². The number of rotatable bonds is 2. The largest absolute Gasteiger partial charge is 0.478 e. The first-order valence-corrected chi connectivity index (χ1v) is 6.50. The van der Waals surface area contributed by atoms with Crippen molar-refractivity contribution in [2.45, 2.75) is 6.10 Å². The molecule has 1 aliphatic carbocycles. The van der Waals surface area contributed by atoms with E-state index in [0.717, 1.165) is 34.0 Å². The summed E-state index contributed by atoms with van der Waals surface area (Å²) in [6.07, 6.45) is 7.46. The monoisotopic (exact) mass is 264 g/mol. The third-order valence-corrected chi connectivity index (χ3v) is 3.39. The van der Waals surface area contributed by atoms with Crippen LogP contribution >= 0.6 is 0 Å². The van der Waals surface area contributed by atoms with Gasteiger partial charge in [0.1, 0.15) is 11.4 Å². The van der Waals surface area contributed by atoms with Gasteiger partial charge < -0.3 is 10.1 Å². The molecule has 100 valence electrons. The first kappa shape index (κ1) is 12.5. The Morgan fingerprint density at radius 1 is 1.40 bits per heavy atom. The minimum absolute atomic E-state index is 0.161. The summed E-state index contributed by atoms with van der Waals surface area (Å²) in [5.74, 6) is 0.792. The van der Waals surface area contributed by atoms with Crippen LogP contribution in [0.25, 0.3) is 0 Å². The predicted octanol–water partition coefficient (Wildman–Crippen LogP) is 3.80. The molecular weight excluding hydrogens is 248 g/mol. The van der Waals surface area contributed by atoms with Gasteiger partial charge in [0.15, 0.2) is 6.10 Å². The Morgan fingerprint density at radius 3 is 3.00 bits per heavy atom. The molecule has 1 N–H and O–H groups in total. The molecule has 0 aromatic heterocycles. The number of benzene rings is 1. The average Bonchev–Trinajstić information content (AvgIpc) is 2.48. The topological polar surface area (TPSA) is 33.6 Å². The van der Waals surface area contributed by atoms with Gasteiger partial charge in [0.25, 0.3) is 0 Å². The number of nitrogens with one attached hydrogen (secondary N) is 1. The van der Waals surface area contributed by atoms with Crippen molar-refractivity contribution < 1.29 is 4.74 Å². The van der Waals surface area contributed by atoms with Crippen molar-refractivity contribution >= 4 is 17.1 Å². The summed E-state index contributed by atoms with van der Waals surface area (Å²) >= 11 is 0. The lowest BCUT2D eigenvalue weighted by Gasteiger charge is -2.28. The van der Waals surface area contributed by atoms with E-state index in [2.05, 4.69) is 18.5 Å². The summed E-state index contributed by atoms with van der Waals surface area (Å²) in [7, 11) is 1.88. The lowest BCUT2D eigenvalue weighted by Crippen LogP contribution is -2.32. The molecule has 20 heavy (non-hydrogen) atoms. The van der Waals surface area contributed by atoms with Gasteiger partial charge in [0.2, 0.25) is 0 Å². The first-order valence-electron chi connectivity index (χ1n) is 6.50. The van der Waals surface area contributed by atoms with E-state index in [4.69, 9.17) is 9.73 Å². The lowest BCUT2D eigenvalue weighted by molar-refractivity contribution is 0.308. The Hall–Kier alpha value is -2.55. The van der Waals surface area contributed by atoms with Gasteiger partial charge >= 0.3 is 0 Å². The Labute approximate surface area is 118 Å². The molecule has 1 aromatic rings. The third-order valence-electron chi connectivity index (χ3n) is 3.39. The second kappa shape index (κ2) is 4.85. The van der Waals surface area contributed by atoms with Gasteiger partial charge in [-0.2, -0.15) is 0 Å². The summed E-state index contributed by atoms with van der Waals surface area (Å²) in [5, 5.41) is 3.10. The second-order valence-corrected chi connectivity index (χ2v) is 4.67. The number of nitrogens with zero attached hydrogens (tertiary/aromatic N) is 1. The number of ether oxygens (including phenoxy) is 1. The van der Waals surface area contributed by atoms with Gasteiger partial charge in [-0.1, -0.05) is 31.4 Å². The molecule has 0 spiro atoms. The van der Waals surface area contributed by atoms with E-state index in [9.17, 15) is 0 Å². The van der Waals surface area contributed by atoms with Gasteiger partial charge in [-0.05, 0) is 23.8 Å². The maximum absolute atomic E-state index is 6.03. The fraction of sp³-hybridized carbons (Fsp3) is 0.118. The number of aliphatic imine (C=N–C) groups is 1. The summed E-state index contributed by atoms with van der Waals surface area (Å²) in [5.41, 5.74) is 4.65. The van der Waals surface area contributed by atoms with Gasteiger partial charge in [0, 0.05) is 24.4 Å². The fourth-order valence-electron chi connectivity index (χ4n) is 2.35. The Kier molecular flexibility index (Phi) is 3.03. The van der Waals surface area contributed by atoms with Crippen LogP contribution in [0.5, 0.6) is 5.75 Å². The Morgan fingerprint density at radius 2 is 2.25 bits per heavy atom. The minimum Gasteiger partial charge on any atom is -0.478 e. The molecule has 0 fully saturated rings. The van der Waals surface area contributed by atoms with E-state index in [1.54, 1.807) is 6.08 Å². The lowest BCUT2D eigenvalue weighted by atomic mass is 9.91. The predicted molar refractivity (Wildman–Crippen MR) is 84.1 cm³/mol. The number of allylic oxidation sites excluding steroid dienone is 4. The molecule has 1 unspecified atom stereocenters. The zero-order valence-corrected chi connectivity index (χ0v) is 11.4. The first-order chi connectivity index (χ1) is 9.72. The van der Waals surface area contributed by atoms with Gasteiger partial charge in [-0.15, -0.1) is 0 Å². The van der Waals surface area contributed by atoms with Crippen LogP contribution in [-0.4, -0.2) is 18.9 Å². The third kappa shape index (κ3) is 1.97. The van der Waals surface area contributed by atoms with E-state index in [1.807, 2.05) is 43.5 Å². The minimum atomic E-state index is -0.161. The smallest absolute Gasteiger partial charge is 0.160 e. The molecule has 1 aliphatic heterocycles. The molecule has 0 saturated heterocycles. The Balaban J connectivity index is 2.11. The SMILES string of the molecule is C=C/C=C1\C(=C)C=CC2Oc3cc(NC)ccc3N=C12. The van der Waals surface area contributed by atoms with Crippen LogP contribution in [0.15, 0.2) is 71.8 Å². The molecule has 0 bridgehead atoms. The molecule has 3 rings (SSSR count). The number of fused-ring (bicyclic) bond motifs is 2. The van der Waals surface area contributed by atoms with Crippen molar-refractivity contribution in [1.29, 1.82) is 0 Å². The van der Waals surface area contributed by atoms with Crippen LogP contribution in [0.1, 0.15) is 0 Å². The molecule has 0 amide bonds. The highest BCUT2D eigenvalue weighted by Crippen LogP contribution is 2.38. The van der Waals surface area contributed by atoms with Crippen molar-refractivity contribution in [2.24, 2.45) is 4.99 Å². The van der Waals surface area contributed by atoms with Crippen molar-refractivity contribution in [3.63, 3.8) is 0 Å². The van der Waals surface area contributed by atoms with E-state index < -0.39 is 0 Å². The maximum Gasteiger partial charge on any atom is 0.160 e. The second-order valence-electron chi connectivity index (χ2n) is 4.67. The van der Waals surface area contributed by atoms with Crippen LogP contribution in [0.2, 0.25) is 0 Å². The standard InChI is InChI=1S/C17H16N2O/c1-4-5-13-11(2)6-9-15-17(13)19-14-8-7-12(18-3)10-16(14)20-15/h4-10,15,18H,1-2H2,3H3/b13-5+. The summed E-state index contributed by atoms with van der Waals surface area (Å²) in [6.45, 7) is 7.79. The van der Waals surface area contributed by atoms with Crippen LogP contribution in [0.4, 0.5) is 11.4 Å². The number of hydrogen-bond donors (Lipinski definition) is 1. The molecule has 0 saturated carbocycles. The normalized spacial score (nSPS) is 21.6. The fourth-order valence-corrected chi connectivity index (χ4v) is 2.35.